The zero-order valence-electron chi connectivity index (χ0n) is 21.3. The van der Waals surface area contributed by atoms with Crippen molar-refractivity contribution in [3.63, 3.8) is 0 Å². The molecule has 1 atom stereocenters. The summed E-state index contributed by atoms with van der Waals surface area (Å²) in [6.45, 7) is 9.20. The summed E-state index contributed by atoms with van der Waals surface area (Å²) >= 11 is 13.5. The summed E-state index contributed by atoms with van der Waals surface area (Å²) in [6, 6.07) is 11.6. The Labute approximate surface area is 231 Å². The smallest absolute Gasteiger partial charge is 0.253 e. The highest BCUT2D eigenvalue weighted by Gasteiger charge is 2.25. The van der Waals surface area contributed by atoms with Crippen molar-refractivity contribution in [1.82, 2.24) is 20.1 Å². The van der Waals surface area contributed by atoms with Crippen LogP contribution in [0, 0.1) is 5.92 Å². The second-order valence-electron chi connectivity index (χ2n) is 8.66. The van der Waals surface area contributed by atoms with Crippen LogP contribution in [0.2, 0.25) is 10.0 Å². The van der Waals surface area contributed by atoms with E-state index in [1.54, 1.807) is 24.3 Å². The number of nitrogens with one attached hydrogen (secondary N) is 2. The molecule has 0 aliphatic rings. The number of hydrogen-bond acceptors (Lipinski definition) is 6. The molecule has 0 fully saturated rings. The van der Waals surface area contributed by atoms with E-state index in [1.807, 2.05) is 30.5 Å². The molecule has 198 valence electrons. The van der Waals surface area contributed by atoms with E-state index < -0.39 is 6.04 Å². The molecular weight excluding hydrogens is 533 g/mol. The molecule has 2 aromatic carbocycles. The second kappa shape index (κ2) is 13.7. The van der Waals surface area contributed by atoms with E-state index >= 15 is 0 Å². The van der Waals surface area contributed by atoms with Crippen LogP contribution in [0.5, 0.6) is 5.75 Å². The molecule has 0 unspecified atom stereocenters. The monoisotopic (exact) mass is 563 g/mol. The van der Waals surface area contributed by atoms with Gasteiger partial charge in [-0.05, 0) is 68.7 Å². The lowest BCUT2D eigenvalue weighted by atomic mass is 10.0. The van der Waals surface area contributed by atoms with Crippen molar-refractivity contribution in [3.8, 4) is 5.75 Å². The maximum absolute atomic E-state index is 13.0. The molecule has 8 nitrogen and oxygen atoms in total. The molecule has 1 aromatic heterocycles. The van der Waals surface area contributed by atoms with Gasteiger partial charge in [0, 0.05) is 17.3 Å². The summed E-state index contributed by atoms with van der Waals surface area (Å²) in [4.78, 5) is 25.6. The van der Waals surface area contributed by atoms with Crippen LogP contribution in [0.3, 0.4) is 0 Å². The molecule has 11 heteroatoms. The number of hydrogen-bond donors (Lipinski definition) is 2. The van der Waals surface area contributed by atoms with Gasteiger partial charge in [-0.25, -0.2) is 0 Å². The summed E-state index contributed by atoms with van der Waals surface area (Å²) in [5, 5.41) is 16.0. The normalized spacial score (nSPS) is 11.9. The van der Waals surface area contributed by atoms with Crippen LogP contribution in [-0.2, 0) is 11.3 Å². The zero-order chi connectivity index (χ0) is 26.9. The van der Waals surface area contributed by atoms with Crippen LogP contribution in [0.15, 0.2) is 47.6 Å². The van der Waals surface area contributed by atoms with Crippen LogP contribution in [0.4, 0.5) is 5.69 Å². The van der Waals surface area contributed by atoms with Gasteiger partial charge in [-0.2, -0.15) is 0 Å². The van der Waals surface area contributed by atoms with Gasteiger partial charge >= 0.3 is 0 Å². The minimum atomic E-state index is -0.390. The number of carbonyl (C=O) groups excluding carboxylic acids is 2. The molecule has 0 radical (unpaired) electrons. The van der Waals surface area contributed by atoms with E-state index in [9.17, 15) is 9.59 Å². The first-order valence-electron chi connectivity index (χ1n) is 12.1. The molecule has 2 amide bonds. The first-order chi connectivity index (χ1) is 17.7. The van der Waals surface area contributed by atoms with Crippen LogP contribution >= 0.6 is 35.0 Å². The predicted octanol–water partition coefficient (Wildman–Crippen LogP) is 6.25. The van der Waals surface area contributed by atoms with Crippen LogP contribution in [0.1, 0.15) is 56.3 Å². The Bertz CT molecular complexity index is 1220. The van der Waals surface area contributed by atoms with Crippen LogP contribution in [-0.4, -0.2) is 38.9 Å². The maximum atomic E-state index is 13.0. The first-order valence-corrected chi connectivity index (χ1v) is 13.8. The van der Waals surface area contributed by atoms with E-state index in [0.29, 0.717) is 46.8 Å². The van der Waals surface area contributed by atoms with Crippen molar-refractivity contribution in [2.45, 2.75) is 51.9 Å². The number of benzene rings is 2. The number of ether oxygens (including phenoxy) is 1. The molecule has 1 heterocycles. The number of halogens is 2. The Morgan fingerprint density at radius 2 is 1.81 bits per heavy atom. The number of amides is 2. The van der Waals surface area contributed by atoms with Gasteiger partial charge < -0.3 is 19.9 Å². The predicted molar refractivity (Wildman–Crippen MR) is 149 cm³/mol. The lowest BCUT2D eigenvalue weighted by Crippen LogP contribution is -2.31. The highest BCUT2D eigenvalue weighted by molar-refractivity contribution is 7.99. The lowest BCUT2D eigenvalue weighted by Gasteiger charge is -2.21. The number of nitrogens with zero attached hydrogens (tertiary/aromatic N) is 3. The Morgan fingerprint density at radius 3 is 2.43 bits per heavy atom. The van der Waals surface area contributed by atoms with Gasteiger partial charge in [0.05, 0.1) is 29.0 Å². The average Bonchev–Trinajstić information content (AvgIpc) is 3.26. The third-order valence-electron chi connectivity index (χ3n) is 5.34. The Hall–Kier alpha value is -2.75. The fourth-order valence-electron chi connectivity index (χ4n) is 3.70. The minimum Gasteiger partial charge on any atom is -0.494 e. The van der Waals surface area contributed by atoms with Gasteiger partial charge in [0.15, 0.2) is 11.0 Å². The van der Waals surface area contributed by atoms with Gasteiger partial charge in [0.25, 0.3) is 5.91 Å². The van der Waals surface area contributed by atoms with Crippen LogP contribution < -0.4 is 15.4 Å². The van der Waals surface area contributed by atoms with E-state index in [0.717, 1.165) is 5.75 Å². The molecular formula is C26H31Cl2N5O3S. The van der Waals surface area contributed by atoms with Gasteiger partial charge in [-0.1, -0.05) is 48.8 Å². The number of thioether (sulfide) groups is 1. The van der Waals surface area contributed by atoms with Gasteiger partial charge in [-0.3, -0.25) is 9.59 Å². The minimum absolute atomic E-state index is 0.160. The quantitative estimate of drug-likeness (QED) is 0.252. The molecule has 2 N–H and O–H groups in total. The average molecular weight is 565 g/mol. The summed E-state index contributed by atoms with van der Waals surface area (Å²) in [5.74, 6) is 1.34. The van der Waals surface area contributed by atoms with E-state index in [2.05, 4.69) is 34.7 Å². The third kappa shape index (κ3) is 8.12. The van der Waals surface area contributed by atoms with Crippen LogP contribution in [0.25, 0.3) is 0 Å². The maximum Gasteiger partial charge on any atom is 0.253 e. The molecule has 0 aliphatic heterocycles. The summed E-state index contributed by atoms with van der Waals surface area (Å²) in [7, 11) is 0. The highest BCUT2D eigenvalue weighted by Crippen LogP contribution is 2.27. The van der Waals surface area contributed by atoms with Crippen molar-refractivity contribution >= 4 is 52.5 Å². The van der Waals surface area contributed by atoms with Gasteiger partial charge in [-0.15, -0.1) is 10.2 Å². The fraction of sp³-hybridized carbons (Fsp3) is 0.385. The highest BCUT2D eigenvalue weighted by atomic mass is 35.5. The molecule has 0 saturated heterocycles. The third-order valence-corrected chi connectivity index (χ3v) is 6.86. The molecule has 0 spiro atoms. The van der Waals surface area contributed by atoms with E-state index in [1.165, 1.54) is 17.8 Å². The summed E-state index contributed by atoms with van der Waals surface area (Å²) < 4.78 is 7.35. The number of rotatable bonds is 12. The Morgan fingerprint density at radius 1 is 1.08 bits per heavy atom. The standard InChI is InChI=1S/C26H31Cl2N5O3S/c1-5-33-24(22(13-16(3)4)30-25(35)20-12-7-17(27)14-21(20)28)31-32-26(33)37-15-23(34)29-18-8-10-19(11-9-18)36-6-2/h7-12,14,16,22H,5-6,13,15H2,1-4H3,(H,29,34)(H,30,35)/t22-/m0/s1. The SMILES string of the molecule is CCOc1ccc(NC(=O)CSc2nnc([C@H](CC(C)C)NC(=O)c3ccc(Cl)cc3Cl)n2CC)cc1. The molecule has 0 saturated carbocycles. The van der Waals surface area contributed by atoms with E-state index in [-0.39, 0.29) is 28.5 Å². The Balaban J connectivity index is 1.70. The molecule has 3 aromatic rings. The van der Waals surface area contributed by atoms with E-state index in [4.69, 9.17) is 27.9 Å². The lowest BCUT2D eigenvalue weighted by molar-refractivity contribution is -0.113. The molecule has 3 rings (SSSR count). The number of carbonyl (C=O) groups is 2. The fourth-order valence-corrected chi connectivity index (χ4v) is 5.00. The van der Waals surface area contributed by atoms with Crippen molar-refractivity contribution in [3.05, 3.63) is 63.9 Å². The molecule has 37 heavy (non-hydrogen) atoms. The van der Waals surface area contributed by atoms with Crippen molar-refractivity contribution < 1.29 is 14.3 Å². The Kier molecular flexibility index (Phi) is 10.7. The van der Waals surface area contributed by atoms with Gasteiger partial charge in [0.2, 0.25) is 5.91 Å². The number of aromatic nitrogens is 3. The second-order valence-corrected chi connectivity index (χ2v) is 10.4. The van der Waals surface area contributed by atoms with Crippen molar-refractivity contribution in [1.29, 1.82) is 0 Å². The van der Waals surface area contributed by atoms with Gasteiger partial charge in [0.1, 0.15) is 5.75 Å². The summed E-state index contributed by atoms with van der Waals surface area (Å²) in [6.07, 6.45) is 0.651. The largest absolute Gasteiger partial charge is 0.494 e. The topological polar surface area (TPSA) is 98.1 Å². The number of anilines is 1. The molecule has 0 bridgehead atoms. The van der Waals surface area contributed by atoms with Crippen molar-refractivity contribution in [2.75, 3.05) is 17.7 Å². The molecule has 0 aliphatic carbocycles. The van der Waals surface area contributed by atoms with Crippen molar-refractivity contribution in [2.24, 2.45) is 5.92 Å². The summed E-state index contributed by atoms with van der Waals surface area (Å²) in [5.41, 5.74) is 1.02. The zero-order valence-corrected chi connectivity index (χ0v) is 23.6. The first kappa shape index (κ1) is 28.8.